The Bertz CT molecular complexity index is 460. The number of benzene rings is 1. The number of aryl methyl sites for hydroxylation is 1. The molecule has 2 nitrogen and oxygen atoms in total. The summed E-state index contributed by atoms with van der Waals surface area (Å²) in [6, 6.07) is 8.28. The summed E-state index contributed by atoms with van der Waals surface area (Å²) in [7, 11) is 1.91. The van der Waals surface area contributed by atoms with E-state index in [0.29, 0.717) is 5.28 Å². The van der Waals surface area contributed by atoms with Crippen LogP contribution >= 0.6 is 11.6 Å². The summed E-state index contributed by atoms with van der Waals surface area (Å²) in [5.74, 6) is 0. The van der Waals surface area contributed by atoms with Crippen molar-refractivity contribution < 1.29 is 0 Å². The first kappa shape index (κ1) is 9.28. The second-order valence-corrected chi connectivity index (χ2v) is 3.68. The Balaban J connectivity index is 2.55. The molecule has 0 bridgehead atoms. The zero-order chi connectivity index (χ0) is 10.1. The van der Waals surface area contributed by atoms with Gasteiger partial charge in [0.2, 0.25) is 5.28 Å². The third-order valence-corrected chi connectivity index (χ3v) is 2.60. The van der Waals surface area contributed by atoms with Crippen LogP contribution in [0.4, 0.5) is 0 Å². The van der Waals surface area contributed by atoms with Crippen LogP contribution in [-0.4, -0.2) is 9.55 Å². The Morgan fingerprint density at radius 1 is 1.36 bits per heavy atom. The monoisotopic (exact) mass is 206 g/mol. The second kappa shape index (κ2) is 3.46. The first-order valence-electron chi connectivity index (χ1n) is 4.43. The maximum absolute atomic E-state index is 5.87. The van der Waals surface area contributed by atoms with Gasteiger partial charge >= 0.3 is 0 Å². The first-order chi connectivity index (χ1) is 6.68. The lowest BCUT2D eigenvalue weighted by molar-refractivity contribution is 0.922. The third kappa shape index (κ3) is 1.53. The minimum atomic E-state index is 0.515. The molecule has 0 radical (unpaired) electrons. The lowest BCUT2D eigenvalue weighted by Crippen LogP contribution is -1.91. The predicted octanol–water partition coefficient (Wildman–Crippen LogP) is 3.05. The Hall–Kier alpha value is -1.28. The highest BCUT2D eigenvalue weighted by Crippen LogP contribution is 2.22. The molecule has 0 N–H and O–H groups in total. The van der Waals surface area contributed by atoms with Gasteiger partial charge in [0.1, 0.15) is 0 Å². The normalized spacial score (nSPS) is 10.5. The molecule has 0 aliphatic heterocycles. The van der Waals surface area contributed by atoms with Crippen LogP contribution < -0.4 is 0 Å². The molecule has 72 valence electrons. The van der Waals surface area contributed by atoms with Crippen molar-refractivity contribution in [2.75, 3.05) is 0 Å². The Labute approximate surface area is 88.2 Å². The number of rotatable bonds is 1. The van der Waals surface area contributed by atoms with E-state index in [1.54, 1.807) is 6.20 Å². The number of nitrogens with zero attached hydrogens (tertiary/aromatic N) is 2. The van der Waals surface area contributed by atoms with Gasteiger partial charge in [-0.25, -0.2) is 4.98 Å². The van der Waals surface area contributed by atoms with E-state index in [-0.39, 0.29) is 0 Å². The molecule has 1 aromatic carbocycles. The Kier molecular flexibility index (Phi) is 2.30. The van der Waals surface area contributed by atoms with Crippen molar-refractivity contribution in [1.82, 2.24) is 9.55 Å². The van der Waals surface area contributed by atoms with Gasteiger partial charge in [-0.15, -0.1) is 0 Å². The van der Waals surface area contributed by atoms with Crippen LogP contribution in [0.25, 0.3) is 11.3 Å². The standard InChI is InChI=1S/C11H11ClN2/c1-8-4-3-5-9(6-8)10-7-13-11(12)14(10)2/h3-7H,1-2H3. The van der Waals surface area contributed by atoms with Gasteiger partial charge in [-0.05, 0) is 24.6 Å². The fourth-order valence-electron chi connectivity index (χ4n) is 1.46. The second-order valence-electron chi connectivity index (χ2n) is 3.34. The summed E-state index contributed by atoms with van der Waals surface area (Å²) in [5, 5.41) is 0.515. The van der Waals surface area contributed by atoms with Crippen LogP contribution in [0.3, 0.4) is 0 Å². The molecular weight excluding hydrogens is 196 g/mol. The van der Waals surface area contributed by atoms with Gasteiger partial charge in [-0.1, -0.05) is 23.8 Å². The number of hydrogen-bond donors (Lipinski definition) is 0. The molecule has 1 aromatic heterocycles. The molecule has 0 spiro atoms. The van der Waals surface area contributed by atoms with E-state index < -0.39 is 0 Å². The van der Waals surface area contributed by atoms with Crippen LogP contribution in [0.2, 0.25) is 5.28 Å². The number of aromatic nitrogens is 2. The number of imidazole rings is 1. The van der Waals surface area contributed by atoms with Gasteiger partial charge in [-0.3, -0.25) is 0 Å². The van der Waals surface area contributed by atoms with Crippen molar-refractivity contribution in [1.29, 1.82) is 0 Å². The van der Waals surface area contributed by atoms with Crippen LogP contribution in [0.15, 0.2) is 30.5 Å². The zero-order valence-electron chi connectivity index (χ0n) is 8.16. The minimum Gasteiger partial charge on any atom is -0.318 e. The molecule has 0 atom stereocenters. The summed E-state index contributed by atoms with van der Waals surface area (Å²) >= 11 is 5.87. The van der Waals surface area contributed by atoms with Crippen LogP contribution in [0.1, 0.15) is 5.56 Å². The van der Waals surface area contributed by atoms with Crippen LogP contribution in [-0.2, 0) is 7.05 Å². The maximum atomic E-state index is 5.87. The molecule has 0 aliphatic rings. The van der Waals surface area contributed by atoms with Crippen molar-refractivity contribution in [2.45, 2.75) is 6.92 Å². The molecule has 0 fully saturated rings. The van der Waals surface area contributed by atoms with Crippen LogP contribution in [0.5, 0.6) is 0 Å². The number of halogens is 1. The Morgan fingerprint density at radius 3 is 2.71 bits per heavy atom. The van der Waals surface area contributed by atoms with E-state index in [1.807, 2.05) is 17.7 Å². The molecule has 0 saturated heterocycles. The molecule has 0 unspecified atom stereocenters. The average Bonchev–Trinajstić information content (AvgIpc) is 2.48. The number of hydrogen-bond acceptors (Lipinski definition) is 1. The molecule has 2 aromatic rings. The summed E-state index contributed by atoms with van der Waals surface area (Å²) in [6.45, 7) is 2.07. The van der Waals surface area contributed by atoms with Gasteiger partial charge in [0.05, 0.1) is 11.9 Å². The molecule has 0 aliphatic carbocycles. The quantitative estimate of drug-likeness (QED) is 0.701. The van der Waals surface area contributed by atoms with Crippen molar-refractivity contribution in [3.05, 3.63) is 41.3 Å². The molecule has 1 heterocycles. The van der Waals surface area contributed by atoms with E-state index in [9.17, 15) is 0 Å². The average molecular weight is 207 g/mol. The summed E-state index contributed by atoms with van der Waals surface area (Å²) in [4.78, 5) is 4.05. The van der Waals surface area contributed by atoms with E-state index in [2.05, 4.69) is 30.1 Å². The van der Waals surface area contributed by atoms with Crippen molar-refractivity contribution in [2.24, 2.45) is 7.05 Å². The van der Waals surface area contributed by atoms with Gasteiger partial charge in [-0.2, -0.15) is 0 Å². The van der Waals surface area contributed by atoms with Crippen LogP contribution in [0, 0.1) is 6.92 Å². The molecule has 3 heteroatoms. The summed E-state index contributed by atoms with van der Waals surface area (Å²) < 4.78 is 1.87. The van der Waals surface area contributed by atoms with E-state index >= 15 is 0 Å². The molecule has 14 heavy (non-hydrogen) atoms. The van der Waals surface area contributed by atoms with Gasteiger partial charge in [0.25, 0.3) is 0 Å². The smallest absolute Gasteiger partial charge is 0.202 e. The lowest BCUT2D eigenvalue weighted by Gasteiger charge is -2.03. The minimum absolute atomic E-state index is 0.515. The highest BCUT2D eigenvalue weighted by molar-refractivity contribution is 6.28. The van der Waals surface area contributed by atoms with Crippen molar-refractivity contribution >= 4 is 11.6 Å². The van der Waals surface area contributed by atoms with Crippen molar-refractivity contribution in [3.8, 4) is 11.3 Å². The summed E-state index contributed by atoms with van der Waals surface area (Å²) in [6.07, 6.45) is 1.79. The van der Waals surface area contributed by atoms with E-state index in [4.69, 9.17) is 11.6 Å². The Morgan fingerprint density at radius 2 is 2.14 bits per heavy atom. The van der Waals surface area contributed by atoms with Gasteiger partial charge < -0.3 is 4.57 Å². The van der Waals surface area contributed by atoms with Gasteiger partial charge in [0.15, 0.2) is 0 Å². The topological polar surface area (TPSA) is 17.8 Å². The van der Waals surface area contributed by atoms with E-state index in [1.165, 1.54) is 5.56 Å². The highest BCUT2D eigenvalue weighted by Gasteiger charge is 2.05. The van der Waals surface area contributed by atoms with Gasteiger partial charge in [0, 0.05) is 12.6 Å². The molecular formula is C11H11ClN2. The lowest BCUT2D eigenvalue weighted by atomic mass is 10.1. The highest BCUT2D eigenvalue weighted by atomic mass is 35.5. The molecule has 0 saturated carbocycles. The predicted molar refractivity (Wildman–Crippen MR) is 58.4 cm³/mol. The first-order valence-corrected chi connectivity index (χ1v) is 4.80. The summed E-state index contributed by atoms with van der Waals surface area (Å²) in [5.41, 5.74) is 3.42. The largest absolute Gasteiger partial charge is 0.318 e. The maximum Gasteiger partial charge on any atom is 0.202 e. The fourth-order valence-corrected chi connectivity index (χ4v) is 1.60. The van der Waals surface area contributed by atoms with E-state index in [0.717, 1.165) is 11.3 Å². The fraction of sp³-hybridized carbons (Fsp3) is 0.182. The molecule has 0 amide bonds. The SMILES string of the molecule is Cc1cccc(-c2cnc(Cl)n2C)c1. The van der Waals surface area contributed by atoms with Crippen molar-refractivity contribution in [3.63, 3.8) is 0 Å². The molecule has 2 rings (SSSR count). The third-order valence-electron chi connectivity index (χ3n) is 2.25. The zero-order valence-corrected chi connectivity index (χ0v) is 8.92.